The molecule has 2 rings (SSSR count). The van der Waals surface area contributed by atoms with E-state index in [1.165, 1.54) is 0 Å². The van der Waals surface area contributed by atoms with Crippen LogP contribution in [0.3, 0.4) is 0 Å². The lowest BCUT2D eigenvalue weighted by Crippen LogP contribution is -2.19. The fourth-order valence-corrected chi connectivity index (χ4v) is 1.79. The van der Waals surface area contributed by atoms with Gasteiger partial charge in [-0.2, -0.15) is 0 Å². The van der Waals surface area contributed by atoms with Crippen LogP contribution in [0.4, 0.5) is 5.69 Å². The lowest BCUT2D eigenvalue weighted by molar-refractivity contribution is 0.737. The lowest BCUT2D eigenvalue weighted by Gasteiger charge is -2.08. The Bertz CT molecular complexity index is 590. The smallest absolute Gasteiger partial charge is 0.251 e. The molecule has 4 heteroatoms. The number of aryl methyl sites for hydroxylation is 1. The molecular weight excluding hydrogens is 226 g/mol. The van der Waals surface area contributed by atoms with Crippen molar-refractivity contribution in [3.63, 3.8) is 0 Å². The van der Waals surface area contributed by atoms with Crippen molar-refractivity contribution in [2.75, 3.05) is 11.9 Å². The molecule has 0 aliphatic rings. The van der Waals surface area contributed by atoms with E-state index in [0.29, 0.717) is 6.54 Å². The van der Waals surface area contributed by atoms with Gasteiger partial charge in [-0.05, 0) is 37.6 Å². The van der Waals surface area contributed by atoms with Gasteiger partial charge in [0.05, 0.1) is 12.2 Å². The first kappa shape index (κ1) is 12.4. The van der Waals surface area contributed by atoms with Crippen LogP contribution in [0.1, 0.15) is 18.2 Å². The SMILES string of the molecule is CCNc1ccnc(Cn2ccc(C)cc2=O)c1. The molecule has 2 aromatic rings. The van der Waals surface area contributed by atoms with Crippen molar-refractivity contribution in [3.8, 4) is 0 Å². The molecule has 4 nitrogen and oxygen atoms in total. The molecule has 0 aliphatic heterocycles. The second-order valence-electron chi connectivity index (χ2n) is 4.24. The summed E-state index contributed by atoms with van der Waals surface area (Å²) in [5, 5.41) is 3.23. The number of nitrogens with one attached hydrogen (secondary N) is 1. The second kappa shape index (κ2) is 5.49. The van der Waals surface area contributed by atoms with Gasteiger partial charge in [0.2, 0.25) is 0 Å². The van der Waals surface area contributed by atoms with E-state index in [1.54, 1.807) is 23.0 Å². The maximum Gasteiger partial charge on any atom is 0.251 e. The normalized spacial score (nSPS) is 10.3. The number of pyridine rings is 2. The van der Waals surface area contributed by atoms with E-state index in [0.717, 1.165) is 23.5 Å². The standard InChI is InChI=1S/C14H17N3O/c1-3-15-12-4-6-16-13(9-12)10-17-7-5-11(2)8-14(17)18/h4-9H,3,10H2,1-2H3,(H,15,16). The molecule has 0 aliphatic carbocycles. The molecule has 0 fully saturated rings. The predicted octanol–water partition coefficient (Wildman–Crippen LogP) is 2.03. The number of rotatable bonds is 4. The Hall–Kier alpha value is -2.10. The molecule has 0 unspecified atom stereocenters. The lowest BCUT2D eigenvalue weighted by atomic mass is 10.3. The van der Waals surface area contributed by atoms with Crippen molar-refractivity contribution in [1.29, 1.82) is 0 Å². The van der Waals surface area contributed by atoms with E-state index in [-0.39, 0.29) is 5.56 Å². The van der Waals surface area contributed by atoms with Crippen molar-refractivity contribution >= 4 is 5.69 Å². The highest BCUT2D eigenvalue weighted by Gasteiger charge is 2.00. The van der Waals surface area contributed by atoms with E-state index in [9.17, 15) is 4.79 Å². The maximum absolute atomic E-state index is 11.8. The second-order valence-corrected chi connectivity index (χ2v) is 4.24. The van der Waals surface area contributed by atoms with E-state index in [1.807, 2.05) is 32.0 Å². The van der Waals surface area contributed by atoms with E-state index < -0.39 is 0 Å². The van der Waals surface area contributed by atoms with Crippen LogP contribution in [-0.4, -0.2) is 16.1 Å². The molecule has 94 valence electrons. The zero-order valence-corrected chi connectivity index (χ0v) is 10.7. The molecule has 0 atom stereocenters. The van der Waals surface area contributed by atoms with Gasteiger partial charge in [-0.1, -0.05) is 0 Å². The Morgan fingerprint density at radius 3 is 2.89 bits per heavy atom. The van der Waals surface area contributed by atoms with Gasteiger partial charge in [-0.3, -0.25) is 9.78 Å². The highest BCUT2D eigenvalue weighted by atomic mass is 16.1. The third-order valence-electron chi connectivity index (χ3n) is 2.68. The Morgan fingerprint density at radius 1 is 1.33 bits per heavy atom. The average Bonchev–Trinajstić information content (AvgIpc) is 2.34. The number of anilines is 1. The molecule has 0 saturated heterocycles. The van der Waals surface area contributed by atoms with E-state index in [2.05, 4.69) is 10.3 Å². The minimum atomic E-state index is 0.00523. The van der Waals surface area contributed by atoms with Gasteiger partial charge in [-0.25, -0.2) is 0 Å². The first-order chi connectivity index (χ1) is 8.69. The summed E-state index contributed by atoms with van der Waals surface area (Å²) < 4.78 is 1.66. The fourth-order valence-electron chi connectivity index (χ4n) is 1.79. The number of hydrogen-bond donors (Lipinski definition) is 1. The summed E-state index contributed by atoms with van der Waals surface area (Å²) in [5.74, 6) is 0. The van der Waals surface area contributed by atoms with Crippen molar-refractivity contribution in [1.82, 2.24) is 9.55 Å². The van der Waals surface area contributed by atoms with Crippen LogP contribution in [0, 0.1) is 6.92 Å². The monoisotopic (exact) mass is 243 g/mol. The van der Waals surface area contributed by atoms with Gasteiger partial charge < -0.3 is 9.88 Å². The summed E-state index contributed by atoms with van der Waals surface area (Å²) in [7, 11) is 0. The summed E-state index contributed by atoms with van der Waals surface area (Å²) in [6.07, 6.45) is 3.56. The predicted molar refractivity (Wildman–Crippen MR) is 72.9 cm³/mol. The maximum atomic E-state index is 11.8. The van der Waals surface area contributed by atoms with Crippen molar-refractivity contribution in [3.05, 3.63) is 58.3 Å². The highest BCUT2D eigenvalue weighted by Crippen LogP contribution is 2.08. The molecule has 18 heavy (non-hydrogen) atoms. The van der Waals surface area contributed by atoms with Crippen LogP contribution < -0.4 is 10.9 Å². The van der Waals surface area contributed by atoms with Crippen LogP contribution in [0.25, 0.3) is 0 Å². The summed E-state index contributed by atoms with van der Waals surface area (Å²) in [5.41, 5.74) is 2.89. The molecule has 0 amide bonds. The Labute approximate surface area is 106 Å². The summed E-state index contributed by atoms with van der Waals surface area (Å²) >= 11 is 0. The first-order valence-corrected chi connectivity index (χ1v) is 6.05. The van der Waals surface area contributed by atoms with Crippen molar-refractivity contribution in [2.45, 2.75) is 20.4 Å². The minimum Gasteiger partial charge on any atom is -0.385 e. The molecule has 0 bridgehead atoms. The Balaban J connectivity index is 2.23. The van der Waals surface area contributed by atoms with Gasteiger partial charge in [-0.15, -0.1) is 0 Å². The third-order valence-corrected chi connectivity index (χ3v) is 2.68. The van der Waals surface area contributed by atoms with Crippen LogP contribution in [-0.2, 0) is 6.54 Å². The summed E-state index contributed by atoms with van der Waals surface area (Å²) in [6, 6.07) is 7.45. The van der Waals surface area contributed by atoms with Gasteiger partial charge in [0.15, 0.2) is 0 Å². The topological polar surface area (TPSA) is 46.9 Å². The molecule has 0 saturated carbocycles. The van der Waals surface area contributed by atoms with Crippen LogP contribution >= 0.6 is 0 Å². The van der Waals surface area contributed by atoms with Crippen molar-refractivity contribution < 1.29 is 0 Å². The molecule has 0 spiro atoms. The quantitative estimate of drug-likeness (QED) is 0.893. The number of aromatic nitrogens is 2. The van der Waals surface area contributed by atoms with Crippen molar-refractivity contribution in [2.24, 2.45) is 0 Å². The van der Waals surface area contributed by atoms with E-state index >= 15 is 0 Å². The summed E-state index contributed by atoms with van der Waals surface area (Å²) in [4.78, 5) is 16.1. The van der Waals surface area contributed by atoms with Crippen LogP contribution in [0.15, 0.2) is 41.5 Å². The van der Waals surface area contributed by atoms with Gasteiger partial charge in [0, 0.05) is 30.7 Å². The van der Waals surface area contributed by atoms with Gasteiger partial charge in [0.1, 0.15) is 0 Å². The molecule has 1 N–H and O–H groups in total. The number of nitrogens with zero attached hydrogens (tertiary/aromatic N) is 2. The molecule has 0 aromatic carbocycles. The van der Waals surface area contributed by atoms with Crippen LogP contribution in [0.2, 0.25) is 0 Å². The molecular formula is C14H17N3O. The first-order valence-electron chi connectivity index (χ1n) is 6.05. The molecule has 2 aromatic heterocycles. The molecule has 2 heterocycles. The third kappa shape index (κ3) is 2.97. The fraction of sp³-hybridized carbons (Fsp3) is 0.286. The number of hydrogen-bond acceptors (Lipinski definition) is 3. The summed E-state index contributed by atoms with van der Waals surface area (Å²) in [6.45, 7) is 5.33. The highest BCUT2D eigenvalue weighted by molar-refractivity contribution is 5.43. The van der Waals surface area contributed by atoms with Gasteiger partial charge in [0.25, 0.3) is 5.56 Å². The molecule has 0 radical (unpaired) electrons. The van der Waals surface area contributed by atoms with Gasteiger partial charge >= 0.3 is 0 Å². The Morgan fingerprint density at radius 2 is 2.17 bits per heavy atom. The average molecular weight is 243 g/mol. The van der Waals surface area contributed by atoms with E-state index in [4.69, 9.17) is 0 Å². The zero-order chi connectivity index (χ0) is 13.0. The largest absolute Gasteiger partial charge is 0.385 e. The minimum absolute atomic E-state index is 0.00523. The Kier molecular flexibility index (Phi) is 3.77. The van der Waals surface area contributed by atoms with Crippen LogP contribution in [0.5, 0.6) is 0 Å². The zero-order valence-electron chi connectivity index (χ0n) is 10.7.